The molecule has 0 radical (unpaired) electrons. The molecule has 0 bridgehead atoms. The van der Waals surface area contributed by atoms with Gasteiger partial charge in [0.2, 0.25) is 0 Å². The molecule has 4 aliphatic rings. The molecule has 0 N–H and O–H groups in total. The second-order valence-corrected chi connectivity index (χ2v) is 17.1. The molecule has 2 atom stereocenters. The molecule has 0 aromatic heterocycles. The van der Waals surface area contributed by atoms with E-state index in [4.69, 9.17) is 9.47 Å². The number of Topliss-reactive ketones (excluding diaryl/α,β-unsaturated/α-hetero) is 2. The minimum Gasteiger partial charge on any atom is -0.461 e. The Morgan fingerprint density at radius 3 is 1.25 bits per heavy atom. The van der Waals surface area contributed by atoms with E-state index in [9.17, 15) is 18.4 Å². The first-order chi connectivity index (χ1) is 26.9. The number of rotatable bonds is 2. The van der Waals surface area contributed by atoms with Gasteiger partial charge < -0.3 is 9.47 Å². The van der Waals surface area contributed by atoms with Crippen LogP contribution in [0.5, 0.6) is 11.5 Å². The number of carbonyl (C=O) groups excluding carboxylic acids is 2. The fraction of sp³-hybridized carbons (Fsp3) is 0.240. The molecule has 6 aromatic rings. The minimum absolute atomic E-state index is 0.124. The second kappa shape index (κ2) is 13.4. The Bertz CT molecular complexity index is 2460. The Kier molecular flexibility index (Phi) is 8.57. The molecular weight excluding hydrogens is 703 g/mol. The third-order valence-electron chi connectivity index (χ3n) is 11.6. The molecule has 0 saturated heterocycles. The van der Waals surface area contributed by atoms with Crippen LogP contribution in [0.4, 0.5) is 8.78 Å². The first-order valence-electron chi connectivity index (χ1n) is 19.3. The van der Waals surface area contributed by atoms with Gasteiger partial charge in [0.25, 0.3) is 0 Å². The van der Waals surface area contributed by atoms with E-state index in [2.05, 4.69) is 64.1 Å². The van der Waals surface area contributed by atoms with Crippen molar-refractivity contribution in [2.45, 2.75) is 65.2 Å². The summed E-state index contributed by atoms with van der Waals surface area (Å²) in [6.45, 7) is 8.39. The highest BCUT2D eigenvalue weighted by Gasteiger charge is 2.44. The molecule has 2 aliphatic heterocycles. The standard InChI is InChI=1S/2C25H21FO2/c2*1-25(2)13-19(27)24-21(14-25)28-20-12-9-15-5-3-4-6-18(15)23(20)22(24)16-7-10-17(26)11-8-16/h2*3-12,22H,13-14H2,1-2H3/t2*22-/m10/s1. The van der Waals surface area contributed by atoms with Crippen molar-refractivity contribution < 1.29 is 27.8 Å². The fourth-order valence-electron chi connectivity index (χ4n) is 9.24. The number of fused-ring (bicyclic) bond motifs is 6. The SMILES string of the molecule is CC1(C)CC(=O)C2=C(C1)Oc1ccc3ccccc3c1[C@@H]2c1ccc(F)cc1.CC1(C)CC(=O)C2=C(C1)Oc1ccc3ccccc3c1[C@H]2c1ccc(F)cc1. The van der Waals surface area contributed by atoms with Crippen molar-refractivity contribution in [3.63, 3.8) is 0 Å². The average molecular weight is 745 g/mol. The highest BCUT2D eigenvalue weighted by atomic mass is 19.1. The van der Waals surface area contributed by atoms with E-state index in [-0.39, 0.29) is 45.9 Å². The zero-order valence-electron chi connectivity index (χ0n) is 31.9. The van der Waals surface area contributed by atoms with E-state index in [1.54, 1.807) is 24.3 Å². The zero-order valence-corrected chi connectivity index (χ0v) is 31.9. The summed E-state index contributed by atoms with van der Waals surface area (Å²) in [7, 11) is 0. The van der Waals surface area contributed by atoms with Crippen LogP contribution in [0.1, 0.15) is 87.5 Å². The van der Waals surface area contributed by atoms with Crippen LogP contribution in [-0.4, -0.2) is 11.6 Å². The zero-order chi connectivity index (χ0) is 38.9. The molecule has 2 aliphatic carbocycles. The largest absolute Gasteiger partial charge is 0.461 e. The van der Waals surface area contributed by atoms with E-state index >= 15 is 0 Å². The van der Waals surface area contributed by atoms with E-state index in [0.29, 0.717) is 12.8 Å². The molecule has 6 aromatic carbocycles. The monoisotopic (exact) mass is 744 g/mol. The van der Waals surface area contributed by atoms with Crippen LogP contribution in [0, 0.1) is 22.5 Å². The summed E-state index contributed by atoms with van der Waals surface area (Å²) in [5.74, 6) is 2.31. The smallest absolute Gasteiger partial charge is 0.163 e. The van der Waals surface area contributed by atoms with Gasteiger partial charge in [-0.1, -0.05) is 113 Å². The Morgan fingerprint density at radius 2 is 0.857 bits per heavy atom. The van der Waals surface area contributed by atoms with Gasteiger partial charge in [-0.15, -0.1) is 0 Å². The van der Waals surface area contributed by atoms with Crippen LogP contribution in [0.2, 0.25) is 0 Å². The lowest BCUT2D eigenvalue weighted by atomic mass is 9.69. The number of carbonyl (C=O) groups is 2. The third-order valence-corrected chi connectivity index (χ3v) is 11.6. The maximum absolute atomic E-state index is 13.6. The van der Waals surface area contributed by atoms with Crippen molar-refractivity contribution in [3.05, 3.63) is 178 Å². The summed E-state index contributed by atoms with van der Waals surface area (Å²) < 4.78 is 39.8. The van der Waals surface area contributed by atoms with Crippen molar-refractivity contribution in [1.82, 2.24) is 0 Å². The molecule has 2 heterocycles. The Labute approximate surface area is 325 Å². The molecule has 280 valence electrons. The molecule has 0 saturated carbocycles. The van der Waals surface area contributed by atoms with Gasteiger partial charge in [-0.2, -0.15) is 0 Å². The predicted octanol–water partition coefficient (Wildman–Crippen LogP) is 12.3. The first kappa shape index (κ1) is 35.8. The molecule has 6 heteroatoms. The van der Waals surface area contributed by atoms with Gasteiger partial charge in [-0.25, -0.2) is 8.78 Å². The molecule has 4 nitrogen and oxygen atoms in total. The molecule has 0 unspecified atom stereocenters. The average Bonchev–Trinajstić information content (AvgIpc) is 3.16. The Hall–Kier alpha value is -5.88. The van der Waals surface area contributed by atoms with E-state index < -0.39 is 0 Å². The lowest BCUT2D eigenvalue weighted by Crippen LogP contribution is -2.33. The molecular formula is C50H42F2O4. The van der Waals surface area contributed by atoms with E-state index in [1.165, 1.54) is 24.3 Å². The van der Waals surface area contributed by atoms with Crippen LogP contribution in [-0.2, 0) is 9.59 Å². The molecule has 10 rings (SSSR count). The van der Waals surface area contributed by atoms with Crippen molar-refractivity contribution >= 4 is 33.1 Å². The molecule has 0 fully saturated rings. The van der Waals surface area contributed by atoms with Gasteiger partial charge in [0, 0.05) is 59.8 Å². The van der Waals surface area contributed by atoms with Gasteiger partial charge in [0.1, 0.15) is 34.7 Å². The van der Waals surface area contributed by atoms with Gasteiger partial charge in [-0.3, -0.25) is 9.59 Å². The minimum atomic E-state index is -0.278. The number of allylic oxidation sites excluding steroid dienone is 4. The van der Waals surface area contributed by atoms with E-state index in [0.717, 1.165) is 90.8 Å². The summed E-state index contributed by atoms with van der Waals surface area (Å²) in [6.07, 6.45) is 2.43. The number of ether oxygens (including phenoxy) is 2. The van der Waals surface area contributed by atoms with Gasteiger partial charge in [-0.05, 0) is 79.9 Å². The topological polar surface area (TPSA) is 52.6 Å². The summed E-state index contributed by atoms with van der Waals surface area (Å²) in [6, 6.07) is 37.4. The van der Waals surface area contributed by atoms with Crippen LogP contribution >= 0.6 is 0 Å². The van der Waals surface area contributed by atoms with Crippen molar-refractivity contribution in [2.24, 2.45) is 10.8 Å². The highest BCUT2D eigenvalue weighted by molar-refractivity contribution is 6.03. The number of ketones is 2. The van der Waals surface area contributed by atoms with Gasteiger partial charge >= 0.3 is 0 Å². The second-order valence-electron chi connectivity index (χ2n) is 17.1. The third kappa shape index (κ3) is 6.31. The number of hydrogen-bond acceptors (Lipinski definition) is 4. The van der Waals surface area contributed by atoms with Crippen molar-refractivity contribution in [3.8, 4) is 11.5 Å². The van der Waals surface area contributed by atoms with Crippen LogP contribution in [0.15, 0.2) is 144 Å². The number of benzene rings is 6. The Morgan fingerprint density at radius 1 is 0.482 bits per heavy atom. The molecule has 0 amide bonds. The lowest BCUT2D eigenvalue weighted by Gasteiger charge is -2.38. The quantitative estimate of drug-likeness (QED) is 0.177. The van der Waals surface area contributed by atoms with Gasteiger partial charge in [0.05, 0.1) is 0 Å². The summed E-state index contributed by atoms with van der Waals surface area (Å²) in [5, 5.41) is 4.34. The Balaban J connectivity index is 0.000000146. The van der Waals surface area contributed by atoms with Crippen LogP contribution in [0.3, 0.4) is 0 Å². The number of halogens is 2. The summed E-state index contributed by atoms with van der Waals surface area (Å²) in [4.78, 5) is 26.5. The molecule has 0 spiro atoms. The first-order valence-corrected chi connectivity index (χ1v) is 19.3. The highest BCUT2D eigenvalue weighted by Crippen LogP contribution is 2.53. The fourth-order valence-corrected chi connectivity index (χ4v) is 9.24. The molecule has 56 heavy (non-hydrogen) atoms. The van der Waals surface area contributed by atoms with Gasteiger partial charge in [0.15, 0.2) is 11.6 Å². The predicted molar refractivity (Wildman–Crippen MR) is 216 cm³/mol. The van der Waals surface area contributed by atoms with Crippen LogP contribution < -0.4 is 9.47 Å². The lowest BCUT2D eigenvalue weighted by molar-refractivity contribution is -0.119. The van der Waals surface area contributed by atoms with Crippen molar-refractivity contribution in [2.75, 3.05) is 0 Å². The van der Waals surface area contributed by atoms with Crippen LogP contribution in [0.25, 0.3) is 21.5 Å². The normalized spacial score (nSPS) is 20.5. The summed E-state index contributed by atoms with van der Waals surface area (Å²) >= 11 is 0. The van der Waals surface area contributed by atoms with Crippen molar-refractivity contribution in [1.29, 1.82) is 0 Å². The maximum atomic E-state index is 13.6. The summed E-state index contributed by atoms with van der Waals surface area (Å²) in [5.41, 5.74) is 5.04. The maximum Gasteiger partial charge on any atom is 0.163 e. The number of hydrogen-bond donors (Lipinski definition) is 0. The van der Waals surface area contributed by atoms with E-state index in [1.807, 2.05) is 36.4 Å².